The third-order valence-electron chi connectivity index (χ3n) is 3.06. The molecule has 1 aromatic carbocycles. The first-order valence-corrected chi connectivity index (χ1v) is 7.51. The Labute approximate surface area is 127 Å². The van der Waals surface area contributed by atoms with Crippen molar-refractivity contribution >= 4 is 28.1 Å². The average molecular weight is 337 g/mol. The molecule has 2 aromatic rings. The molecule has 0 spiro atoms. The van der Waals surface area contributed by atoms with Crippen molar-refractivity contribution < 1.29 is 0 Å². The van der Waals surface area contributed by atoms with Crippen LogP contribution in [-0.2, 0) is 6.42 Å². The van der Waals surface area contributed by atoms with Crippen LogP contribution in [0.1, 0.15) is 42.4 Å². The van der Waals surface area contributed by atoms with Crippen molar-refractivity contribution in [2.75, 3.05) is 0 Å². The van der Waals surface area contributed by atoms with E-state index in [2.05, 4.69) is 58.8 Å². The van der Waals surface area contributed by atoms with Crippen LogP contribution in [0.15, 0.2) is 28.7 Å². The molecule has 0 amide bonds. The van der Waals surface area contributed by atoms with Gasteiger partial charge in [-0.2, -0.15) is 0 Å². The van der Waals surface area contributed by atoms with Gasteiger partial charge in [-0.15, -0.1) is 0 Å². The molecule has 0 aliphatic heterocycles. The molecule has 0 fully saturated rings. The van der Waals surface area contributed by atoms with Crippen LogP contribution in [0.3, 0.4) is 0 Å². The lowest BCUT2D eigenvalue weighted by atomic mass is 10.0. The van der Waals surface area contributed by atoms with Gasteiger partial charge >= 0.3 is 0 Å². The number of H-pyrrole nitrogens is 1. The normalized spacial score (nSPS) is 11.0. The van der Waals surface area contributed by atoms with Crippen LogP contribution in [0.2, 0.25) is 0 Å². The number of benzene rings is 1. The molecule has 1 N–H and O–H groups in total. The minimum Gasteiger partial charge on any atom is -0.347 e. The lowest BCUT2D eigenvalue weighted by Gasteiger charge is -2.11. The van der Waals surface area contributed by atoms with Gasteiger partial charge < -0.3 is 4.98 Å². The van der Waals surface area contributed by atoms with Crippen LogP contribution < -0.4 is 0 Å². The van der Waals surface area contributed by atoms with E-state index in [0.717, 1.165) is 32.6 Å². The van der Waals surface area contributed by atoms with Gasteiger partial charge in [0.2, 0.25) is 0 Å². The minimum absolute atomic E-state index is 0.401. The summed E-state index contributed by atoms with van der Waals surface area (Å²) in [6, 6.07) is 8.27. The number of nitrogens with zero attached hydrogens (tertiary/aromatic N) is 1. The fourth-order valence-corrected chi connectivity index (χ4v) is 2.98. The number of rotatable bonds is 3. The van der Waals surface area contributed by atoms with Crippen LogP contribution in [0.5, 0.6) is 0 Å². The zero-order valence-corrected chi connectivity index (χ0v) is 13.7. The van der Waals surface area contributed by atoms with Crippen molar-refractivity contribution in [1.82, 2.24) is 9.97 Å². The summed E-state index contributed by atoms with van der Waals surface area (Å²) >= 11 is 8.84. The van der Waals surface area contributed by atoms with E-state index >= 15 is 0 Å². The summed E-state index contributed by atoms with van der Waals surface area (Å²) in [4.78, 5) is 7.89. The molecule has 1 aromatic heterocycles. The summed E-state index contributed by atoms with van der Waals surface area (Å²) in [6.45, 7) is 6.35. The maximum absolute atomic E-state index is 5.40. The molecule has 2 nitrogen and oxygen atoms in total. The molecule has 0 saturated heterocycles. The zero-order chi connectivity index (χ0) is 14.0. The Kier molecular flexibility index (Phi) is 4.53. The Morgan fingerprint density at radius 2 is 1.89 bits per heavy atom. The number of halogens is 1. The highest BCUT2D eigenvalue weighted by molar-refractivity contribution is 9.10. The van der Waals surface area contributed by atoms with Crippen molar-refractivity contribution in [3.05, 3.63) is 56.0 Å². The van der Waals surface area contributed by atoms with E-state index in [1.807, 2.05) is 12.1 Å². The number of aryl methyl sites for hydroxylation is 1. The topological polar surface area (TPSA) is 28.7 Å². The van der Waals surface area contributed by atoms with Gasteiger partial charge in [0.05, 0.1) is 0 Å². The van der Waals surface area contributed by atoms with Gasteiger partial charge in [0.15, 0.2) is 0 Å². The summed E-state index contributed by atoms with van der Waals surface area (Å²) in [7, 11) is 0. The van der Waals surface area contributed by atoms with Gasteiger partial charge in [0, 0.05) is 22.2 Å². The predicted molar refractivity (Wildman–Crippen MR) is 85.2 cm³/mol. The van der Waals surface area contributed by atoms with E-state index in [-0.39, 0.29) is 0 Å². The molecule has 0 saturated carbocycles. The van der Waals surface area contributed by atoms with Crippen molar-refractivity contribution in [3.8, 4) is 0 Å². The minimum atomic E-state index is 0.401. The maximum Gasteiger partial charge on any atom is 0.133 e. The van der Waals surface area contributed by atoms with E-state index in [0.29, 0.717) is 5.92 Å². The first-order chi connectivity index (χ1) is 8.97. The molecule has 100 valence electrons. The summed E-state index contributed by atoms with van der Waals surface area (Å²) in [6.07, 6.45) is 0.774. The second-order valence-electron chi connectivity index (χ2n) is 4.99. The molecule has 19 heavy (non-hydrogen) atoms. The van der Waals surface area contributed by atoms with Gasteiger partial charge in [0.25, 0.3) is 0 Å². The third kappa shape index (κ3) is 3.51. The van der Waals surface area contributed by atoms with E-state index in [1.165, 1.54) is 5.56 Å². The van der Waals surface area contributed by atoms with E-state index in [1.54, 1.807) is 0 Å². The van der Waals surface area contributed by atoms with Crippen molar-refractivity contribution in [3.63, 3.8) is 0 Å². The van der Waals surface area contributed by atoms with Crippen LogP contribution in [0.25, 0.3) is 0 Å². The molecule has 0 bridgehead atoms. The molecule has 4 heteroatoms. The highest BCUT2D eigenvalue weighted by Crippen LogP contribution is 2.19. The second kappa shape index (κ2) is 5.97. The molecule has 0 aliphatic rings. The van der Waals surface area contributed by atoms with Gasteiger partial charge in [-0.3, -0.25) is 0 Å². The predicted octanol–water partition coefficient (Wildman–Crippen LogP) is 4.92. The Morgan fingerprint density at radius 3 is 2.42 bits per heavy atom. The molecule has 0 aliphatic carbocycles. The zero-order valence-electron chi connectivity index (χ0n) is 11.3. The van der Waals surface area contributed by atoms with E-state index < -0.39 is 0 Å². The standard InChI is InChI=1S/C15H17BrN2S/c1-9(2)14-10(3)17-13(18-15(14)19)8-11-4-6-12(16)7-5-11/h4-7,9H,8H2,1-3H3,(H,17,18,19). The molecule has 0 atom stereocenters. The summed E-state index contributed by atoms with van der Waals surface area (Å²) < 4.78 is 1.81. The van der Waals surface area contributed by atoms with Crippen LogP contribution in [-0.4, -0.2) is 9.97 Å². The van der Waals surface area contributed by atoms with Crippen LogP contribution in [0, 0.1) is 11.6 Å². The number of hydrogen-bond acceptors (Lipinski definition) is 2. The molecule has 2 rings (SSSR count). The van der Waals surface area contributed by atoms with E-state index in [9.17, 15) is 0 Å². The highest BCUT2D eigenvalue weighted by atomic mass is 79.9. The number of hydrogen-bond donors (Lipinski definition) is 1. The molecule has 0 unspecified atom stereocenters. The van der Waals surface area contributed by atoms with Gasteiger partial charge in [0.1, 0.15) is 10.5 Å². The monoisotopic (exact) mass is 336 g/mol. The average Bonchev–Trinajstić information content (AvgIpc) is 2.30. The fraction of sp³-hybridized carbons (Fsp3) is 0.333. The lowest BCUT2D eigenvalue weighted by molar-refractivity contribution is 0.803. The Morgan fingerprint density at radius 1 is 1.26 bits per heavy atom. The smallest absolute Gasteiger partial charge is 0.133 e. The Balaban J connectivity index is 2.32. The molecular weight excluding hydrogens is 320 g/mol. The third-order valence-corrected chi connectivity index (χ3v) is 3.90. The largest absolute Gasteiger partial charge is 0.347 e. The highest BCUT2D eigenvalue weighted by Gasteiger charge is 2.09. The Bertz CT molecular complexity index is 630. The van der Waals surface area contributed by atoms with Crippen LogP contribution in [0.4, 0.5) is 0 Å². The molecule has 1 heterocycles. The molecular formula is C15H17BrN2S. The summed E-state index contributed by atoms with van der Waals surface area (Å²) in [5.74, 6) is 1.33. The van der Waals surface area contributed by atoms with Gasteiger partial charge in [-0.1, -0.05) is 54.1 Å². The first kappa shape index (κ1) is 14.4. The number of nitrogens with one attached hydrogen (secondary N) is 1. The fourth-order valence-electron chi connectivity index (χ4n) is 2.21. The summed E-state index contributed by atoms with van der Waals surface area (Å²) in [5, 5.41) is 0. The number of aromatic amines is 1. The van der Waals surface area contributed by atoms with Gasteiger partial charge in [-0.05, 0) is 30.5 Å². The lowest BCUT2D eigenvalue weighted by Crippen LogP contribution is -2.05. The van der Waals surface area contributed by atoms with Crippen molar-refractivity contribution in [2.24, 2.45) is 0 Å². The summed E-state index contributed by atoms with van der Waals surface area (Å²) in [5.41, 5.74) is 3.50. The first-order valence-electron chi connectivity index (χ1n) is 6.31. The van der Waals surface area contributed by atoms with Crippen molar-refractivity contribution in [1.29, 1.82) is 0 Å². The second-order valence-corrected chi connectivity index (χ2v) is 6.29. The SMILES string of the molecule is Cc1[nH]c(Cc2ccc(Br)cc2)nc(=S)c1C(C)C. The quantitative estimate of drug-likeness (QED) is 0.805. The van der Waals surface area contributed by atoms with Gasteiger partial charge in [-0.25, -0.2) is 4.98 Å². The van der Waals surface area contributed by atoms with Crippen molar-refractivity contribution in [2.45, 2.75) is 33.1 Å². The maximum atomic E-state index is 5.40. The van der Waals surface area contributed by atoms with E-state index in [4.69, 9.17) is 12.2 Å². The molecule has 0 radical (unpaired) electrons. The Hall–Kier alpha value is -1.00. The number of aromatic nitrogens is 2. The van der Waals surface area contributed by atoms with Crippen LogP contribution >= 0.6 is 28.1 Å².